The van der Waals surface area contributed by atoms with Crippen molar-refractivity contribution in [1.82, 2.24) is 20.2 Å². The predicted molar refractivity (Wildman–Crippen MR) is 70.7 cm³/mol. The van der Waals surface area contributed by atoms with Crippen LogP contribution in [-0.2, 0) is 6.54 Å². The fourth-order valence-electron chi connectivity index (χ4n) is 2.00. The van der Waals surface area contributed by atoms with E-state index in [1.807, 2.05) is 36.4 Å². The van der Waals surface area contributed by atoms with Crippen LogP contribution in [0.25, 0.3) is 0 Å². The molecule has 0 fully saturated rings. The Kier molecular flexibility index (Phi) is 4.07. The number of aromatic nitrogens is 3. The van der Waals surface area contributed by atoms with Gasteiger partial charge in [-0.1, -0.05) is 13.0 Å². The Balaban J connectivity index is 2.27. The van der Waals surface area contributed by atoms with Crippen LogP contribution < -0.4 is 11.3 Å². The average molecular weight is 245 g/mol. The first kappa shape index (κ1) is 12.7. The van der Waals surface area contributed by atoms with Crippen LogP contribution in [0.4, 0.5) is 0 Å². The molecule has 0 aromatic carbocycles. The van der Waals surface area contributed by atoms with Crippen LogP contribution in [0.15, 0.2) is 30.9 Å². The monoisotopic (exact) mass is 245 g/mol. The molecule has 0 aliphatic carbocycles. The Morgan fingerprint density at radius 2 is 2.17 bits per heavy atom. The van der Waals surface area contributed by atoms with Gasteiger partial charge in [0.05, 0.1) is 12.2 Å². The van der Waals surface area contributed by atoms with Crippen LogP contribution in [0.5, 0.6) is 0 Å². The fourth-order valence-corrected chi connectivity index (χ4v) is 2.00. The summed E-state index contributed by atoms with van der Waals surface area (Å²) in [6, 6.07) is 2.01. The normalized spacial score (nSPS) is 12.6. The zero-order valence-corrected chi connectivity index (χ0v) is 10.8. The van der Waals surface area contributed by atoms with Crippen molar-refractivity contribution < 1.29 is 0 Å². The number of pyridine rings is 1. The summed E-state index contributed by atoms with van der Waals surface area (Å²) in [7, 11) is 0. The third-order valence-electron chi connectivity index (χ3n) is 2.84. The van der Waals surface area contributed by atoms with Gasteiger partial charge in [0.1, 0.15) is 0 Å². The summed E-state index contributed by atoms with van der Waals surface area (Å²) in [5, 5.41) is 4.32. The molecule has 0 aliphatic heterocycles. The molecule has 18 heavy (non-hydrogen) atoms. The molecule has 2 aromatic rings. The minimum absolute atomic E-state index is 0.0667. The van der Waals surface area contributed by atoms with Crippen LogP contribution >= 0.6 is 0 Å². The second-order valence-corrected chi connectivity index (χ2v) is 4.43. The molecule has 0 bridgehead atoms. The Hall–Kier alpha value is -1.72. The van der Waals surface area contributed by atoms with E-state index in [9.17, 15) is 0 Å². The maximum absolute atomic E-state index is 5.66. The average Bonchev–Trinajstić information content (AvgIpc) is 2.79. The molecule has 3 N–H and O–H groups in total. The zero-order valence-electron chi connectivity index (χ0n) is 10.8. The van der Waals surface area contributed by atoms with Gasteiger partial charge < -0.3 is 0 Å². The largest absolute Gasteiger partial charge is 0.272 e. The standard InChI is InChI=1S/C13H19N5/c1-3-4-18-9-12(8-16-18)13(17-14)11-5-10(2)6-15-7-11/h5-9,13,17H,3-4,14H2,1-2H3. The molecular formula is C13H19N5. The summed E-state index contributed by atoms with van der Waals surface area (Å²) in [6.45, 7) is 5.07. The first-order valence-corrected chi connectivity index (χ1v) is 6.14. The number of hydrogen-bond acceptors (Lipinski definition) is 4. The number of nitrogens with one attached hydrogen (secondary N) is 1. The maximum atomic E-state index is 5.66. The Morgan fingerprint density at radius 3 is 2.83 bits per heavy atom. The Bertz CT molecular complexity index is 506. The van der Waals surface area contributed by atoms with Gasteiger partial charge in [0, 0.05) is 30.7 Å². The van der Waals surface area contributed by atoms with Crippen molar-refractivity contribution in [1.29, 1.82) is 0 Å². The first-order chi connectivity index (χ1) is 8.74. The van der Waals surface area contributed by atoms with Crippen molar-refractivity contribution in [3.63, 3.8) is 0 Å². The second kappa shape index (κ2) is 5.75. The lowest BCUT2D eigenvalue weighted by molar-refractivity contribution is 0.597. The highest BCUT2D eigenvalue weighted by molar-refractivity contribution is 5.29. The van der Waals surface area contributed by atoms with E-state index in [1.165, 1.54) is 0 Å². The van der Waals surface area contributed by atoms with E-state index in [-0.39, 0.29) is 6.04 Å². The number of nitrogens with zero attached hydrogens (tertiary/aromatic N) is 3. The molecule has 0 amide bonds. The lowest BCUT2D eigenvalue weighted by Gasteiger charge is -2.14. The molecule has 96 valence electrons. The molecule has 0 radical (unpaired) electrons. The minimum atomic E-state index is -0.0667. The van der Waals surface area contributed by atoms with E-state index in [0.717, 1.165) is 29.7 Å². The van der Waals surface area contributed by atoms with Crippen molar-refractivity contribution in [3.05, 3.63) is 47.5 Å². The molecule has 2 aromatic heterocycles. The molecule has 0 aliphatic rings. The van der Waals surface area contributed by atoms with E-state index in [1.54, 1.807) is 0 Å². The molecule has 5 nitrogen and oxygen atoms in total. The lowest BCUT2D eigenvalue weighted by atomic mass is 10.0. The van der Waals surface area contributed by atoms with E-state index >= 15 is 0 Å². The zero-order chi connectivity index (χ0) is 13.0. The highest BCUT2D eigenvalue weighted by atomic mass is 15.3. The van der Waals surface area contributed by atoms with Gasteiger partial charge in [-0.05, 0) is 24.5 Å². The van der Waals surface area contributed by atoms with Gasteiger partial charge >= 0.3 is 0 Å². The van der Waals surface area contributed by atoms with Gasteiger partial charge in [-0.25, -0.2) is 5.43 Å². The summed E-state index contributed by atoms with van der Waals surface area (Å²) in [4.78, 5) is 4.20. The van der Waals surface area contributed by atoms with Crippen molar-refractivity contribution in [2.24, 2.45) is 5.84 Å². The Morgan fingerprint density at radius 1 is 1.33 bits per heavy atom. The fraction of sp³-hybridized carbons (Fsp3) is 0.385. The van der Waals surface area contributed by atoms with Crippen LogP contribution in [-0.4, -0.2) is 14.8 Å². The highest BCUT2D eigenvalue weighted by Crippen LogP contribution is 2.20. The Labute approximate surface area is 107 Å². The minimum Gasteiger partial charge on any atom is -0.272 e. The van der Waals surface area contributed by atoms with Gasteiger partial charge in [-0.3, -0.25) is 15.5 Å². The summed E-state index contributed by atoms with van der Waals surface area (Å²) in [5.41, 5.74) is 6.05. The molecule has 1 atom stereocenters. The number of aryl methyl sites for hydroxylation is 2. The summed E-state index contributed by atoms with van der Waals surface area (Å²) < 4.78 is 1.93. The smallest absolute Gasteiger partial charge is 0.0755 e. The summed E-state index contributed by atoms with van der Waals surface area (Å²) in [6.07, 6.45) is 8.60. The van der Waals surface area contributed by atoms with Crippen molar-refractivity contribution in [2.75, 3.05) is 0 Å². The number of rotatable bonds is 5. The molecule has 0 saturated carbocycles. The summed E-state index contributed by atoms with van der Waals surface area (Å²) >= 11 is 0. The first-order valence-electron chi connectivity index (χ1n) is 6.14. The molecule has 2 heterocycles. The third kappa shape index (κ3) is 2.75. The third-order valence-corrected chi connectivity index (χ3v) is 2.84. The maximum Gasteiger partial charge on any atom is 0.0755 e. The summed E-state index contributed by atoms with van der Waals surface area (Å²) in [5.74, 6) is 5.66. The quantitative estimate of drug-likeness (QED) is 0.619. The molecule has 0 saturated heterocycles. The van der Waals surface area contributed by atoms with Crippen LogP contribution in [0.3, 0.4) is 0 Å². The highest BCUT2D eigenvalue weighted by Gasteiger charge is 2.14. The number of hydrazine groups is 1. The van der Waals surface area contributed by atoms with Crippen LogP contribution in [0, 0.1) is 6.92 Å². The van der Waals surface area contributed by atoms with Crippen molar-refractivity contribution in [2.45, 2.75) is 32.9 Å². The van der Waals surface area contributed by atoms with E-state index < -0.39 is 0 Å². The van der Waals surface area contributed by atoms with Gasteiger partial charge in [0.25, 0.3) is 0 Å². The van der Waals surface area contributed by atoms with E-state index in [4.69, 9.17) is 5.84 Å². The topological polar surface area (TPSA) is 68.8 Å². The molecule has 1 unspecified atom stereocenters. The van der Waals surface area contributed by atoms with Crippen LogP contribution in [0.1, 0.15) is 36.1 Å². The van der Waals surface area contributed by atoms with Crippen molar-refractivity contribution in [3.8, 4) is 0 Å². The van der Waals surface area contributed by atoms with E-state index in [0.29, 0.717) is 0 Å². The van der Waals surface area contributed by atoms with Gasteiger partial charge in [-0.2, -0.15) is 5.10 Å². The predicted octanol–water partition coefficient (Wildman–Crippen LogP) is 1.55. The van der Waals surface area contributed by atoms with Crippen molar-refractivity contribution >= 4 is 0 Å². The molecule has 5 heteroatoms. The number of nitrogens with two attached hydrogens (primary N) is 1. The molecule has 0 spiro atoms. The van der Waals surface area contributed by atoms with Gasteiger partial charge in [0.2, 0.25) is 0 Å². The SMILES string of the molecule is CCCn1cc(C(NN)c2cncc(C)c2)cn1. The number of hydrogen-bond donors (Lipinski definition) is 2. The molecular weight excluding hydrogens is 226 g/mol. The van der Waals surface area contributed by atoms with E-state index in [2.05, 4.69) is 28.5 Å². The van der Waals surface area contributed by atoms with Gasteiger partial charge in [-0.15, -0.1) is 0 Å². The second-order valence-electron chi connectivity index (χ2n) is 4.43. The van der Waals surface area contributed by atoms with Gasteiger partial charge in [0.15, 0.2) is 0 Å². The lowest BCUT2D eigenvalue weighted by Crippen LogP contribution is -2.28. The molecule has 2 rings (SSSR count). The van der Waals surface area contributed by atoms with Crippen LogP contribution in [0.2, 0.25) is 0 Å².